The Kier molecular flexibility index (Phi) is 4.77. The normalized spacial score (nSPS) is 26.6. The summed E-state index contributed by atoms with van der Waals surface area (Å²) in [5.41, 5.74) is 0. The number of hydroxylamine groups is 2. The zero-order valence-electron chi connectivity index (χ0n) is 10.5. The molecule has 0 spiro atoms. The highest BCUT2D eigenvalue weighted by Gasteiger charge is 2.35. The van der Waals surface area contributed by atoms with Gasteiger partial charge in [-0.05, 0) is 25.7 Å². The lowest BCUT2D eigenvalue weighted by Gasteiger charge is -2.37. The Balaban J connectivity index is 2.66. The van der Waals surface area contributed by atoms with E-state index in [-0.39, 0.29) is 11.8 Å². The number of carbonyl (C=O) groups is 1. The molecule has 5 nitrogen and oxygen atoms in total. The molecule has 6 heteroatoms. The Labute approximate surface area is 97.4 Å². The second kappa shape index (κ2) is 5.66. The van der Waals surface area contributed by atoms with Gasteiger partial charge in [0, 0.05) is 13.6 Å². The van der Waals surface area contributed by atoms with Crippen LogP contribution in [0.2, 0.25) is 6.82 Å². The van der Waals surface area contributed by atoms with Gasteiger partial charge in [0.15, 0.2) is 0 Å². The predicted octanol–water partition coefficient (Wildman–Crippen LogP) is 0.0745. The van der Waals surface area contributed by atoms with E-state index in [9.17, 15) is 9.82 Å². The quantitative estimate of drug-likeness (QED) is 0.548. The van der Waals surface area contributed by atoms with Crippen molar-refractivity contribution in [2.45, 2.75) is 20.2 Å². The zero-order chi connectivity index (χ0) is 12.3. The van der Waals surface area contributed by atoms with E-state index in [2.05, 4.69) is 6.92 Å². The van der Waals surface area contributed by atoms with Crippen LogP contribution >= 0.6 is 0 Å². The second-order valence-electron chi connectivity index (χ2n) is 4.52. The molecule has 1 aliphatic heterocycles. The molecule has 2 atom stereocenters. The molecule has 0 radical (unpaired) electrons. The third-order valence-corrected chi connectivity index (χ3v) is 3.42. The minimum absolute atomic E-state index is 0.0136. The number of amides is 1. The van der Waals surface area contributed by atoms with Gasteiger partial charge < -0.3 is 9.83 Å². The van der Waals surface area contributed by atoms with Crippen LogP contribution in [0, 0.1) is 11.8 Å². The molecule has 1 saturated heterocycles. The fraction of sp³-hybridized carbons (Fsp3) is 0.900. The first-order chi connectivity index (χ1) is 7.47. The summed E-state index contributed by atoms with van der Waals surface area (Å²) in [6, 6.07) is 0. The van der Waals surface area contributed by atoms with Crippen LogP contribution in [0.1, 0.15) is 13.3 Å². The summed E-state index contributed by atoms with van der Waals surface area (Å²) in [6.45, 7) is 5.26. The third kappa shape index (κ3) is 2.96. The number of rotatable bonds is 3. The lowest BCUT2D eigenvalue weighted by Crippen LogP contribution is -2.51. The van der Waals surface area contributed by atoms with Gasteiger partial charge in [0.25, 0.3) is 0 Å². The minimum Gasteiger partial charge on any atom is -0.437 e. The Bertz CT molecular complexity index is 250. The van der Waals surface area contributed by atoms with Gasteiger partial charge in [-0.2, -0.15) is 0 Å². The summed E-state index contributed by atoms with van der Waals surface area (Å²) in [5, 5.41) is 10.8. The van der Waals surface area contributed by atoms with Crippen molar-refractivity contribution in [2.24, 2.45) is 11.8 Å². The van der Waals surface area contributed by atoms with E-state index < -0.39 is 7.05 Å². The number of hydrogen-bond acceptors (Lipinski definition) is 4. The molecule has 1 heterocycles. The summed E-state index contributed by atoms with van der Waals surface area (Å²) in [7, 11) is 2.62. The minimum atomic E-state index is -0.490. The number of nitrogens with zero attached hydrogens (tertiary/aromatic N) is 2. The third-order valence-electron chi connectivity index (χ3n) is 3.42. The van der Waals surface area contributed by atoms with Gasteiger partial charge in [0.05, 0.1) is 13.0 Å². The van der Waals surface area contributed by atoms with E-state index in [1.807, 2.05) is 4.81 Å². The molecule has 0 aromatic rings. The van der Waals surface area contributed by atoms with E-state index in [1.165, 1.54) is 12.2 Å². The molecule has 0 bridgehead atoms. The molecule has 1 amide bonds. The lowest BCUT2D eigenvalue weighted by atomic mass is 9.77. The highest BCUT2D eigenvalue weighted by atomic mass is 16.7. The molecule has 0 saturated carbocycles. The van der Waals surface area contributed by atoms with Gasteiger partial charge in [-0.25, -0.2) is 5.06 Å². The smallest absolute Gasteiger partial charge is 0.376 e. The molecule has 1 N–H and O–H groups in total. The average Bonchev–Trinajstić information content (AvgIpc) is 2.27. The molecule has 16 heavy (non-hydrogen) atoms. The maximum atomic E-state index is 12.0. The van der Waals surface area contributed by atoms with E-state index in [4.69, 9.17) is 4.84 Å². The van der Waals surface area contributed by atoms with Crippen molar-refractivity contribution in [3.8, 4) is 0 Å². The molecule has 1 rings (SSSR count). The standard InChI is InChI=1S/C10H21BN2O3/c1-8-5-6-13(11(2)15)7-9(8)10(14)12(3)16-4/h8-9,15H,5-7H2,1-4H3. The van der Waals surface area contributed by atoms with Gasteiger partial charge in [0.1, 0.15) is 0 Å². The largest absolute Gasteiger partial charge is 0.437 e. The molecule has 0 aliphatic carbocycles. The Morgan fingerprint density at radius 1 is 1.62 bits per heavy atom. The van der Waals surface area contributed by atoms with E-state index in [0.717, 1.165) is 13.0 Å². The fourth-order valence-corrected chi connectivity index (χ4v) is 2.08. The molecule has 92 valence electrons. The molecule has 2 unspecified atom stereocenters. The monoisotopic (exact) mass is 228 g/mol. The molecule has 1 fully saturated rings. The molecule has 0 aromatic heterocycles. The predicted molar refractivity (Wildman–Crippen MR) is 62.5 cm³/mol. The van der Waals surface area contributed by atoms with Crippen molar-refractivity contribution in [1.29, 1.82) is 0 Å². The molecular weight excluding hydrogens is 207 g/mol. The van der Waals surface area contributed by atoms with Crippen LogP contribution in [0.3, 0.4) is 0 Å². The van der Waals surface area contributed by atoms with Crippen molar-refractivity contribution >= 4 is 13.0 Å². The van der Waals surface area contributed by atoms with Crippen LogP contribution < -0.4 is 0 Å². The highest BCUT2D eigenvalue weighted by molar-refractivity contribution is 6.45. The lowest BCUT2D eigenvalue weighted by molar-refractivity contribution is -0.176. The van der Waals surface area contributed by atoms with Crippen LogP contribution in [0.5, 0.6) is 0 Å². The summed E-state index contributed by atoms with van der Waals surface area (Å²) < 4.78 is 0. The maximum Gasteiger partial charge on any atom is 0.376 e. The molecular formula is C10H21BN2O3. The summed E-state index contributed by atoms with van der Waals surface area (Å²) >= 11 is 0. The first-order valence-electron chi connectivity index (χ1n) is 5.71. The van der Waals surface area contributed by atoms with Gasteiger partial charge >= 0.3 is 7.05 Å². The van der Waals surface area contributed by atoms with Crippen molar-refractivity contribution in [1.82, 2.24) is 9.87 Å². The highest BCUT2D eigenvalue weighted by Crippen LogP contribution is 2.25. The number of hydrogen-bond donors (Lipinski definition) is 1. The van der Waals surface area contributed by atoms with Gasteiger partial charge in [-0.15, -0.1) is 0 Å². The van der Waals surface area contributed by atoms with E-state index >= 15 is 0 Å². The molecule has 1 aliphatic rings. The van der Waals surface area contributed by atoms with Crippen LogP contribution in [0.4, 0.5) is 0 Å². The van der Waals surface area contributed by atoms with E-state index in [1.54, 1.807) is 13.9 Å². The fourth-order valence-electron chi connectivity index (χ4n) is 2.08. The summed E-state index contributed by atoms with van der Waals surface area (Å²) in [4.78, 5) is 18.8. The van der Waals surface area contributed by atoms with Crippen molar-refractivity contribution in [3.63, 3.8) is 0 Å². The Morgan fingerprint density at radius 2 is 2.25 bits per heavy atom. The van der Waals surface area contributed by atoms with E-state index in [0.29, 0.717) is 12.5 Å². The zero-order valence-corrected chi connectivity index (χ0v) is 10.5. The Morgan fingerprint density at radius 3 is 2.75 bits per heavy atom. The van der Waals surface area contributed by atoms with Gasteiger partial charge in [-0.1, -0.05) is 6.92 Å². The van der Waals surface area contributed by atoms with Gasteiger partial charge in [0.2, 0.25) is 5.91 Å². The van der Waals surface area contributed by atoms with Crippen LogP contribution in [0.25, 0.3) is 0 Å². The first kappa shape index (κ1) is 13.5. The first-order valence-corrected chi connectivity index (χ1v) is 5.71. The number of piperidine rings is 1. The topological polar surface area (TPSA) is 53.0 Å². The second-order valence-corrected chi connectivity index (χ2v) is 4.52. The Hall–Kier alpha value is -0.585. The maximum absolute atomic E-state index is 12.0. The summed E-state index contributed by atoms with van der Waals surface area (Å²) in [5.74, 6) is 0.230. The molecule has 0 aromatic carbocycles. The van der Waals surface area contributed by atoms with Gasteiger partial charge in [-0.3, -0.25) is 9.63 Å². The SMILES string of the molecule is CON(C)C(=O)C1CN(B(C)O)CCC1C. The van der Waals surface area contributed by atoms with Crippen molar-refractivity contribution in [3.05, 3.63) is 0 Å². The summed E-state index contributed by atoms with van der Waals surface area (Å²) in [6.07, 6.45) is 0.929. The number of carbonyl (C=O) groups excluding carboxylic acids is 1. The average molecular weight is 228 g/mol. The van der Waals surface area contributed by atoms with Crippen LogP contribution in [-0.4, -0.2) is 55.1 Å². The van der Waals surface area contributed by atoms with Crippen LogP contribution in [-0.2, 0) is 9.63 Å². The van der Waals surface area contributed by atoms with Crippen molar-refractivity contribution < 1.29 is 14.7 Å². The van der Waals surface area contributed by atoms with Crippen LogP contribution in [0.15, 0.2) is 0 Å². The van der Waals surface area contributed by atoms with Crippen molar-refractivity contribution in [2.75, 3.05) is 27.2 Å².